The van der Waals surface area contributed by atoms with Crippen LogP contribution in [0, 0.1) is 5.92 Å². The number of methoxy groups -OCH3 is 2. The fourth-order valence-electron chi connectivity index (χ4n) is 3.77. The summed E-state index contributed by atoms with van der Waals surface area (Å²) in [6.07, 6.45) is 4.07. The molecule has 2 atom stereocenters. The molecule has 1 amide bonds. The summed E-state index contributed by atoms with van der Waals surface area (Å²) >= 11 is 0. The van der Waals surface area contributed by atoms with Crippen LogP contribution in [-0.2, 0) is 9.59 Å². The number of Topliss-reactive ketones (excluding diaryl/α,β-unsaturated/α-hetero) is 1. The minimum atomic E-state index is -0.689. The number of ketones is 1. The molecule has 0 unspecified atom stereocenters. The first-order valence-corrected chi connectivity index (χ1v) is 9.86. The zero-order valence-corrected chi connectivity index (χ0v) is 17.4. The molecule has 0 bridgehead atoms. The number of ether oxygens (including phenoxy) is 2. The maximum atomic E-state index is 12.9. The molecule has 28 heavy (non-hydrogen) atoms. The molecule has 0 spiro atoms. The van der Waals surface area contributed by atoms with Crippen molar-refractivity contribution in [3.63, 3.8) is 0 Å². The molecule has 0 radical (unpaired) electrons. The molecule has 1 N–H and O–H groups in total. The van der Waals surface area contributed by atoms with Crippen molar-refractivity contribution < 1.29 is 24.2 Å². The van der Waals surface area contributed by atoms with E-state index in [1.807, 2.05) is 0 Å². The van der Waals surface area contributed by atoms with E-state index in [1.165, 1.54) is 6.92 Å². The van der Waals surface area contributed by atoms with Crippen LogP contribution in [0.4, 0.5) is 0 Å². The molecule has 0 saturated carbocycles. The monoisotopic (exact) mass is 389 g/mol. The molecular formula is C22H31NO5. The summed E-state index contributed by atoms with van der Waals surface area (Å²) in [6.45, 7) is 6.08. The topological polar surface area (TPSA) is 76.1 Å². The maximum absolute atomic E-state index is 12.9. The third-order valence-corrected chi connectivity index (χ3v) is 5.41. The van der Waals surface area contributed by atoms with Gasteiger partial charge >= 0.3 is 0 Å². The second kappa shape index (κ2) is 9.62. The number of benzene rings is 1. The summed E-state index contributed by atoms with van der Waals surface area (Å²) in [4.78, 5) is 26.8. The molecule has 1 heterocycles. The lowest BCUT2D eigenvalue weighted by atomic mass is 9.93. The standard InChI is InChI=1S/C22H31NO5/c1-6-8-9-15(7-2)13-23-20(19(14(3)24)21(25)22(23)26)17-12-16(27-4)10-11-18(17)28-5/h10-12,15,20,25H,6-9,13H2,1-5H3/t15-,20-/m0/s1. The van der Waals surface area contributed by atoms with Crippen LogP contribution < -0.4 is 9.47 Å². The van der Waals surface area contributed by atoms with Crippen LogP contribution in [0.2, 0.25) is 0 Å². The predicted molar refractivity (Wildman–Crippen MR) is 108 cm³/mol. The molecule has 2 rings (SSSR count). The van der Waals surface area contributed by atoms with Gasteiger partial charge in [0.2, 0.25) is 0 Å². The number of carbonyl (C=O) groups excluding carboxylic acids is 2. The number of rotatable bonds is 10. The molecule has 1 aromatic rings. The molecule has 6 heteroatoms. The van der Waals surface area contributed by atoms with Gasteiger partial charge in [0.25, 0.3) is 5.91 Å². The Morgan fingerprint density at radius 3 is 2.50 bits per heavy atom. The van der Waals surface area contributed by atoms with Gasteiger partial charge in [-0.05, 0) is 37.5 Å². The van der Waals surface area contributed by atoms with Gasteiger partial charge < -0.3 is 19.5 Å². The third kappa shape index (κ3) is 4.32. The highest BCUT2D eigenvalue weighted by Gasteiger charge is 2.44. The normalized spacial score (nSPS) is 17.8. The van der Waals surface area contributed by atoms with Crippen LogP contribution in [0.5, 0.6) is 11.5 Å². The molecule has 1 aromatic carbocycles. The number of hydrogen-bond acceptors (Lipinski definition) is 5. The Balaban J connectivity index is 2.53. The van der Waals surface area contributed by atoms with E-state index in [9.17, 15) is 14.7 Å². The van der Waals surface area contributed by atoms with Crippen LogP contribution in [0.3, 0.4) is 0 Å². The number of aliphatic hydroxyl groups excluding tert-OH is 1. The summed E-state index contributed by atoms with van der Waals surface area (Å²) in [5.41, 5.74) is 0.747. The molecule has 6 nitrogen and oxygen atoms in total. The lowest BCUT2D eigenvalue weighted by molar-refractivity contribution is -0.130. The largest absolute Gasteiger partial charge is 0.503 e. The van der Waals surface area contributed by atoms with Crippen molar-refractivity contribution in [3.05, 3.63) is 35.1 Å². The fraction of sp³-hybridized carbons (Fsp3) is 0.545. The first-order valence-electron chi connectivity index (χ1n) is 9.86. The molecule has 1 aliphatic heterocycles. The molecular weight excluding hydrogens is 358 g/mol. The highest BCUT2D eigenvalue weighted by atomic mass is 16.5. The zero-order valence-electron chi connectivity index (χ0n) is 17.4. The van der Waals surface area contributed by atoms with E-state index >= 15 is 0 Å². The van der Waals surface area contributed by atoms with Gasteiger partial charge in [0, 0.05) is 12.1 Å². The van der Waals surface area contributed by atoms with Crippen molar-refractivity contribution in [3.8, 4) is 11.5 Å². The van der Waals surface area contributed by atoms with Crippen LogP contribution in [0.15, 0.2) is 29.5 Å². The highest BCUT2D eigenvalue weighted by molar-refractivity contribution is 6.08. The van der Waals surface area contributed by atoms with Gasteiger partial charge in [-0.25, -0.2) is 0 Å². The number of aliphatic hydroxyl groups is 1. The third-order valence-electron chi connectivity index (χ3n) is 5.41. The number of nitrogens with zero attached hydrogens (tertiary/aromatic N) is 1. The van der Waals surface area contributed by atoms with Gasteiger partial charge in [0.05, 0.1) is 25.8 Å². The van der Waals surface area contributed by atoms with Crippen molar-refractivity contribution in [1.82, 2.24) is 4.90 Å². The van der Waals surface area contributed by atoms with Crippen molar-refractivity contribution in [1.29, 1.82) is 0 Å². The summed E-state index contributed by atoms with van der Waals surface area (Å²) in [7, 11) is 3.10. The summed E-state index contributed by atoms with van der Waals surface area (Å²) < 4.78 is 10.8. The Bertz CT molecular complexity index is 755. The molecule has 0 aromatic heterocycles. The number of hydrogen-bond donors (Lipinski definition) is 1. The van der Waals surface area contributed by atoms with Crippen LogP contribution in [0.25, 0.3) is 0 Å². The Morgan fingerprint density at radius 1 is 1.25 bits per heavy atom. The van der Waals surface area contributed by atoms with Gasteiger partial charge in [-0.1, -0.05) is 33.1 Å². The Morgan fingerprint density at radius 2 is 1.96 bits per heavy atom. The zero-order chi connectivity index (χ0) is 20.8. The van der Waals surface area contributed by atoms with Gasteiger partial charge in [0.15, 0.2) is 11.5 Å². The van der Waals surface area contributed by atoms with Crippen LogP contribution >= 0.6 is 0 Å². The van der Waals surface area contributed by atoms with Gasteiger partial charge in [-0.2, -0.15) is 0 Å². The van der Waals surface area contributed by atoms with E-state index < -0.39 is 17.7 Å². The summed E-state index contributed by atoms with van der Waals surface area (Å²) in [6, 6.07) is 4.58. The van der Waals surface area contributed by atoms with E-state index in [0.717, 1.165) is 25.7 Å². The first-order chi connectivity index (χ1) is 13.4. The Hall–Kier alpha value is -2.50. The molecule has 0 aliphatic carbocycles. The van der Waals surface area contributed by atoms with Crippen LogP contribution in [0.1, 0.15) is 58.1 Å². The minimum Gasteiger partial charge on any atom is -0.503 e. The van der Waals surface area contributed by atoms with E-state index in [0.29, 0.717) is 29.5 Å². The lowest BCUT2D eigenvalue weighted by Crippen LogP contribution is -2.35. The van der Waals surface area contributed by atoms with E-state index in [-0.39, 0.29) is 11.4 Å². The number of unbranched alkanes of at least 4 members (excludes halogenated alkanes) is 1. The van der Waals surface area contributed by atoms with Gasteiger partial charge in [-0.15, -0.1) is 0 Å². The van der Waals surface area contributed by atoms with Gasteiger partial charge in [-0.3, -0.25) is 9.59 Å². The second-order valence-corrected chi connectivity index (χ2v) is 7.20. The van der Waals surface area contributed by atoms with E-state index in [1.54, 1.807) is 37.3 Å². The number of amides is 1. The molecule has 1 aliphatic rings. The quantitative estimate of drug-likeness (QED) is 0.649. The molecule has 154 valence electrons. The number of carbonyl (C=O) groups is 2. The first kappa shape index (κ1) is 21.8. The maximum Gasteiger partial charge on any atom is 0.290 e. The summed E-state index contributed by atoms with van der Waals surface area (Å²) in [5.74, 6) is 0.129. The van der Waals surface area contributed by atoms with E-state index in [2.05, 4.69) is 13.8 Å². The predicted octanol–water partition coefficient (Wildman–Crippen LogP) is 4.20. The SMILES string of the molecule is CCCC[C@H](CC)CN1C(=O)C(O)=C(C(C)=O)[C@@H]1c1cc(OC)ccc1OC. The fourth-order valence-corrected chi connectivity index (χ4v) is 3.77. The van der Waals surface area contributed by atoms with Crippen molar-refractivity contribution in [2.45, 2.75) is 52.5 Å². The summed E-state index contributed by atoms with van der Waals surface area (Å²) in [5, 5.41) is 10.5. The Labute approximate surface area is 167 Å². The Kier molecular flexibility index (Phi) is 7.49. The van der Waals surface area contributed by atoms with Gasteiger partial charge in [0.1, 0.15) is 11.5 Å². The average molecular weight is 389 g/mol. The smallest absolute Gasteiger partial charge is 0.290 e. The van der Waals surface area contributed by atoms with Crippen molar-refractivity contribution >= 4 is 11.7 Å². The minimum absolute atomic E-state index is 0.113. The molecule has 0 saturated heterocycles. The lowest BCUT2D eigenvalue weighted by Gasteiger charge is -2.31. The van der Waals surface area contributed by atoms with Crippen molar-refractivity contribution in [2.75, 3.05) is 20.8 Å². The van der Waals surface area contributed by atoms with Crippen molar-refractivity contribution in [2.24, 2.45) is 5.92 Å². The molecule has 0 fully saturated rings. The van der Waals surface area contributed by atoms with Crippen LogP contribution in [-0.4, -0.2) is 42.5 Å². The highest BCUT2D eigenvalue weighted by Crippen LogP contribution is 2.43. The average Bonchev–Trinajstić information content (AvgIpc) is 2.95. The second-order valence-electron chi connectivity index (χ2n) is 7.20. The van der Waals surface area contributed by atoms with E-state index in [4.69, 9.17) is 9.47 Å².